The Morgan fingerprint density at radius 3 is 2.58 bits per heavy atom. The van der Waals surface area contributed by atoms with Gasteiger partial charge < -0.3 is 11.1 Å². The van der Waals surface area contributed by atoms with Crippen molar-refractivity contribution in [3.8, 4) is 0 Å². The Bertz CT molecular complexity index is 1000. The van der Waals surface area contributed by atoms with E-state index in [0.29, 0.717) is 11.2 Å². The van der Waals surface area contributed by atoms with E-state index in [1.54, 1.807) is 36.4 Å². The Morgan fingerprint density at radius 2 is 1.92 bits per heavy atom. The van der Waals surface area contributed by atoms with Crippen molar-refractivity contribution >= 4 is 48.4 Å². The molecule has 1 amide bonds. The Balaban J connectivity index is 1.93. The summed E-state index contributed by atoms with van der Waals surface area (Å²) in [6.07, 6.45) is 0. The third-order valence-corrected chi connectivity index (χ3v) is 5.30. The second-order valence-corrected chi connectivity index (χ2v) is 7.57. The average molecular weight is 363 g/mol. The minimum atomic E-state index is -4.63. The van der Waals surface area contributed by atoms with E-state index in [4.69, 9.17) is 5.73 Å². The van der Waals surface area contributed by atoms with Gasteiger partial charge in [-0.15, -0.1) is 0 Å². The molecule has 124 valence electrons. The number of fused-ring (bicyclic) bond motifs is 1. The van der Waals surface area contributed by atoms with Gasteiger partial charge in [0.25, 0.3) is 16.0 Å². The summed E-state index contributed by atoms with van der Waals surface area (Å²) < 4.78 is 33.5. The van der Waals surface area contributed by atoms with Gasteiger partial charge in [-0.1, -0.05) is 41.7 Å². The van der Waals surface area contributed by atoms with Gasteiger partial charge in [-0.05, 0) is 23.8 Å². The van der Waals surface area contributed by atoms with Gasteiger partial charge in [0.1, 0.15) is 0 Å². The van der Waals surface area contributed by atoms with Crippen molar-refractivity contribution in [1.82, 2.24) is 4.98 Å². The van der Waals surface area contributed by atoms with Crippen molar-refractivity contribution < 1.29 is 17.8 Å². The Labute approximate surface area is 141 Å². The molecular formula is C15H13N3O4S2. The van der Waals surface area contributed by atoms with Gasteiger partial charge in [-0.2, -0.15) is 8.42 Å². The topological polar surface area (TPSA) is 122 Å². The largest absolute Gasteiger partial charge is 0.399 e. The number of carbonyl (C=O) groups excluding carboxylic acids is 1. The first-order valence-corrected chi connectivity index (χ1v) is 9.15. The maximum absolute atomic E-state index is 12.4. The SMILES string of the molecule is Nc1ccc2nc(NC(=O)C(c3ccccc3)S(=O)(=O)O)sc2c1. The van der Waals surface area contributed by atoms with Crippen LogP contribution in [0.2, 0.25) is 0 Å². The van der Waals surface area contributed by atoms with E-state index >= 15 is 0 Å². The number of nitrogens with one attached hydrogen (secondary N) is 1. The summed E-state index contributed by atoms with van der Waals surface area (Å²) in [4.78, 5) is 16.6. The summed E-state index contributed by atoms with van der Waals surface area (Å²) in [5.74, 6) is -0.879. The van der Waals surface area contributed by atoms with Crippen LogP contribution in [0.4, 0.5) is 10.8 Å². The first kappa shape index (κ1) is 16.4. The van der Waals surface area contributed by atoms with Crippen LogP contribution in [0.15, 0.2) is 48.5 Å². The summed E-state index contributed by atoms with van der Waals surface area (Å²) in [7, 11) is -4.63. The summed E-state index contributed by atoms with van der Waals surface area (Å²) in [5.41, 5.74) is 7.06. The average Bonchev–Trinajstić information content (AvgIpc) is 2.88. The van der Waals surface area contributed by atoms with Gasteiger partial charge in [-0.25, -0.2) is 4.98 Å². The highest BCUT2D eigenvalue weighted by Crippen LogP contribution is 2.29. The van der Waals surface area contributed by atoms with Crippen LogP contribution in [0, 0.1) is 0 Å². The number of anilines is 2. The molecular weight excluding hydrogens is 350 g/mol. The molecule has 0 radical (unpaired) electrons. The Morgan fingerprint density at radius 1 is 1.21 bits per heavy atom. The minimum absolute atomic E-state index is 0.169. The van der Waals surface area contributed by atoms with Crippen LogP contribution in [0.1, 0.15) is 10.8 Å². The number of hydrogen-bond donors (Lipinski definition) is 3. The highest BCUT2D eigenvalue weighted by molar-refractivity contribution is 7.86. The molecule has 1 aromatic heterocycles. The number of nitrogen functional groups attached to an aromatic ring is 1. The van der Waals surface area contributed by atoms with Crippen molar-refractivity contribution in [3.05, 3.63) is 54.1 Å². The van der Waals surface area contributed by atoms with E-state index < -0.39 is 21.3 Å². The number of nitrogens with zero attached hydrogens (tertiary/aromatic N) is 1. The third kappa shape index (κ3) is 3.37. The fourth-order valence-corrected chi connectivity index (χ4v) is 4.00. The van der Waals surface area contributed by atoms with E-state index in [1.807, 2.05) is 0 Å². The molecule has 1 heterocycles. The second kappa shape index (κ2) is 6.19. The quantitative estimate of drug-likeness (QED) is 0.483. The fourth-order valence-electron chi connectivity index (χ4n) is 2.25. The highest BCUT2D eigenvalue weighted by atomic mass is 32.2. The smallest absolute Gasteiger partial charge is 0.281 e. The maximum Gasteiger partial charge on any atom is 0.281 e. The zero-order chi connectivity index (χ0) is 17.3. The molecule has 0 aliphatic rings. The maximum atomic E-state index is 12.4. The molecule has 24 heavy (non-hydrogen) atoms. The number of aromatic nitrogens is 1. The molecule has 1 atom stereocenters. The summed E-state index contributed by atoms with van der Waals surface area (Å²) >= 11 is 1.16. The summed E-state index contributed by atoms with van der Waals surface area (Å²) in [5, 5.41) is 0.945. The van der Waals surface area contributed by atoms with Gasteiger partial charge >= 0.3 is 0 Å². The third-order valence-electron chi connectivity index (χ3n) is 3.28. The predicted molar refractivity (Wildman–Crippen MR) is 93.4 cm³/mol. The molecule has 0 aliphatic carbocycles. The van der Waals surface area contributed by atoms with E-state index in [2.05, 4.69) is 10.3 Å². The predicted octanol–water partition coefficient (Wildman–Crippen LogP) is 2.45. The Kier molecular flexibility index (Phi) is 4.22. The molecule has 3 rings (SSSR count). The first-order chi connectivity index (χ1) is 11.3. The van der Waals surface area contributed by atoms with E-state index in [9.17, 15) is 17.8 Å². The van der Waals surface area contributed by atoms with Crippen molar-refractivity contribution in [2.75, 3.05) is 11.1 Å². The van der Waals surface area contributed by atoms with Crippen LogP contribution in [0.25, 0.3) is 10.2 Å². The van der Waals surface area contributed by atoms with Crippen molar-refractivity contribution in [1.29, 1.82) is 0 Å². The van der Waals surface area contributed by atoms with Gasteiger partial charge in [0.05, 0.1) is 10.2 Å². The van der Waals surface area contributed by atoms with Crippen LogP contribution >= 0.6 is 11.3 Å². The lowest BCUT2D eigenvalue weighted by Crippen LogP contribution is -2.27. The number of carbonyl (C=O) groups is 1. The molecule has 0 fully saturated rings. The molecule has 4 N–H and O–H groups in total. The molecule has 0 aliphatic heterocycles. The lowest BCUT2D eigenvalue weighted by atomic mass is 10.1. The van der Waals surface area contributed by atoms with Crippen LogP contribution in [-0.4, -0.2) is 23.9 Å². The number of rotatable bonds is 4. The summed E-state index contributed by atoms with van der Waals surface area (Å²) in [6.45, 7) is 0. The van der Waals surface area contributed by atoms with Gasteiger partial charge in [0, 0.05) is 5.69 Å². The molecule has 2 aromatic carbocycles. The van der Waals surface area contributed by atoms with Crippen molar-refractivity contribution in [2.45, 2.75) is 5.25 Å². The molecule has 3 aromatic rings. The highest BCUT2D eigenvalue weighted by Gasteiger charge is 2.33. The van der Waals surface area contributed by atoms with Crippen molar-refractivity contribution in [2.24, 2.45) is 0 Å². The lowest BCUT2D eigenvalue weighted by Gasteiger charge is -2.13. The van der Waals surface area contributed by atoms with Crippen LogP contribution in [0.3, 0.4) is 0 Å². The lowest BCUT2D eigenvalue weighted by molar-refractivity contribution is -0.116. The van der Waals surface area contributed by atoms with Crippen LogP contribution < -0.4 is 11.1 Å². The summed E-state index contributed by atoms with van der Waals surface area (Å²) in [6, 6.07) is 12.9. The van der Waals surface area contributed by atoms with Gasteiger partial charge in [0.15, 0.2) is 10.4 Å². The molecule has 9 heteroatoms. The normalized spacial score (nSPS) is 12.9. The van der Waals surface area contributed by atoms with E-state index in [1.165, 1.54) is 12.1 Å². The van der Waals surface area contributed by atoms with Crippen LogP contribution in [-0.2, 0) is 14.9 Å². The van der Waals surface area contributed by atoms with E-state index in [0.717, 1.165) is 16.0 Å². The number of nitrogens with two attached hydrogens (primary N) is 1. The number of amides is 1. The second-order valence-electron chi connectivity index (χ2n) is 5.04. The molecule has 1 unspecified atom stereocenters. The van der Waals surface area contributed by atoms with Gasteiger partial charge in [-0.3, -0.25) is 9.35 Å². The fraction of sp³-hybridized carbons (Fsp3) is 0.0667. The van der Waals surface area contributed by atoms with E-state index in [-0.39, 0.29) is 10.7 Å². The molecule has 0 spiro atoms. The molecule has 0 saturated carbocycles. The standard InChI is InChI=1S/C15H13N3O4S2/c16-10-6-7-11-12(8-10)23-15(17-11)18-14(19)13(24(20,21)22)9-4-2-1-3-5-9/h1-8,13H,16H2,(H,17,18,19)(H,20,21,22). The Hall–Kier alpha value is -2.49. The zero-order valence-electron chi connectivity index (χ0n) is 12.2. The van der Waals surface area contributed by atoms with Crippen LogP contribution in [0.5, 0.6) is 0 Å². The minimum Gasteiger partial charge on any atom is -0.399 e. The number of benzene rings is 2. The van der Waals surface area contributed by atoms with Crippen molar-refractivity contribution in [3.63, 3.8) is 0 Å². The monoisotopic (exact) mass is 363 g/mol. The molecule has 0 bridgehead atoms. The number of hydrogen-bond acceptors (Lipinski definition) is 6. The first-order valence-electron chi connectivity index (χ1n) is 6.83. The zero-order valence-corrected chi connectivity index (χ0v) is 13.8. The molecule has 0 saturated heterocycles. The number of thiazole rings is 1. The molecule has 7 nitrogen and oxygen atoms in total. The van der Waals surface area contributed by atoms with Gasteiger partial charge in [0.2, 0.25) is 0 Å².